The molecule has 1 saturated carbocycles. The second kappa shape index (κ2) is 34.4. The highest BCUT2D eigenvalue weighted by atomic mass is 16.6. The van der Waals surface area contributed by atoms with Gasteiger partial charge < -0.3 is 9.47 Å². The number of ether oxygens (including phenoxy) is 2. The molecule has 0 heterocycles. The van der Waals surface area contributed by atoms with E-state index in [4.69, 9.17) is 9.47 Å². The summed E-state index contributed by atoms with van der Waals surface area (Å²) in [6.45, 7) is 5.44. The lowest BCUT2D eigenvalue weighted by atomic mass is 9.74. The first-order chi connectivity index (χ1) is 23.7. The fraction of sp³-hybridized carbons (Fsp3) is 0.955. The molecule has 0 aromatic heterocycles. The van der Waals surface area contributed by atoms with Crippen molar-refractivity contribution in [3.8, 4) is 0 Å². The zero-order valence-corrected chi connectivity index (χ0v) is 32.7. The molecule has 0 spiro atoms. The van der Waals surface area contributed by atoms with Crippen molar-refractivity contribution in [3.63, 3.8) is 0 Å². The molecule has 0 N–H and O–H groups in total. The largest absolute Gasteiger partial charge is 0.465 e. The monoisotopic (exact) mass is 677 g/mol. The van der Waals surface area contributed by atoms with E-state index in [-0.39, 0.29) is 11.9 Å². The number of esters is 2. The van der Waals surface area contributed by atoms with Crippen molar-refractivity contribution in [2.45, 2.75) is 251 Å². The van der Waals surface area contributed by atoms with Crippen LogP contribution in [-0.4, -0.2) is 25.2 Å². The zero-order chi connectivity index (χ0) is 34.6. The third-order valence-electron chi connectivity index (χ3n) is 11.0. The molecule has 4 nitrogen and oxygen atoms in total. The number of hydrogen-bond acceptors (Lipinski definition) is 4. The first-order valence-electron chi connectivity index (χ1n) is 22.0. The van der Waals surface area contributed by atoms with Gasteiger partial charge in [0.15, 0.2) is 5.41 Å². The lowest BCUT2D eigenvalue weighted by Gasteiger charge is -2.32. The second-order valence-electron chi connectivity index (χ2n) is 15.5. The van der Waals surface area contributed by atoms with E-state index in [1.807, 2.05) is 0 Å². The summed E-state index contributed by atoms with van der Waals surface area (Å²) in [5, 5.41) is 0. The van der Waals surface area contributed by atoms with E-state index in [0.29, 0.717) is 26.1 Å². The Hall–Kier alpha value is -1.06. The van der Waals surface area contributed by atoms with Crippen LogP contribution in [0.15, 0.2) is 0 Å². The summed E-state index contributed by atoms with van der Waals surface area (Å²) < 4.78 is 11.4. The summed E-state index contributed by atoms with van der Waals surface area (Å²) in [6.07, 6.45) is 46.5. The molecule has 284 valence electrons. The Bertz CT molecular complexity index is 646. The van der Waals surface area contributed by atoms with Crippen LogP contribution in [0.5, 0.6) is 0 Å². The highest BCUT2D eigenvalue weighted by molar-refractivity contribution is 6.00. The minimum Gasteiger partial charge on any atom is -0.465 e. The van der Waals surface area contributed by atoms with Crippen LogP contribution in [0.2, 0.25) is 0 Å². The van der Waals surface area contributed by atoms with Crippen LogP contribution in [0.3, 0.4) is 0 Å². The fourth-order valence-electron chi connectivity index (χ4n) is 7.55. The molecule has 0 saturated heterocycles. The van der Waals surface area contributed by atoms with Gasteiger partial charge in [-0.25, -0.2) is 0 Å². The summed E-state index contributed by atoms with van der Waals surface area (Å²) in [4.78, 5) is 26.4. The van der Waals surface area contributed by atoms with E-state index >= 15 is 0 Å². The average molecular weight is 677 g/mol. The van der Waals surface area contributed by atoms with Crippen LogP contribution in [-0.2, 0) is 19.1 Å². The van der Waals surface area contributed by atoms with E-state index in [9.17, 15) is 9.59 Å². The van der Waals surface area contributed by atoms with Crippen molar-refractivity contribution in [2.75, 3.05) is 13.2 Å². The average Bonchev–Trinajstić information content (AvgIpc) is 3.11. The molecule has 0 aliphatic heterocycles. The third kappa shape index (κ3) is 25.0. The smallest absolute Gasteiger partial charge is 0.323 e. The fourth-order valence-corrected chi connectivity index (χ4v) is 7.55. The van der Waals surface area contributed by atoms with E-state index in [2.05, 4.69) is 13.8 Å². The summed E-state index contributed by atoms with van der Waals surface area (Å²) in [5.74, 6) is -0.639. The van der Waals surface area contributed by atoms with Crippen molar-refractivity contribution >= 4 is 11.9 Å². The quantitative estimate of drug-likeness (QED) is 0.0376. The van der Waals surface area contributed by atoms with Crippen molar-refractivity contribution in [1.82, 2.24) is 0 Å². The van der Waals surface area contributed by atoms with Crippen LogP contribution < -0.4 is 0 Å². The van der Waals surface area contributed by atoms with Crippen LogP contribution in [0.1, 0.15) is 251 Å². The Labute approximate surface area is 300 Å². The molecule has 1 aliphatic carbocycles. The molecule has 0 unspecified atom stereocenters. The molecule has 0 amide bonds. The Balaban J connectivity index is 2.01. The van der Waals surface area contributed by atoms with Gasteiger partial charge in [-0.1, -0.05) is 226 Å². The maximum Gasteiger partial charge on any atom is 0.323 e. The Morgan fingerprint density at radius 1 is 0.354 bits per heavy atom. The molecule has 0 aromatic carbocycles. The van der Waals surface area contributed by atoms with Gasteiger partial charge in [-0.15, -0.1) is 0 Å². The number of rotatable bonds is 36. The van der Waals surface area contributed by atoms with Crippen molar-refractivity contribution in [1.29, 1.82) is 0 Å². The van der Waals surface area contributed by atoms with Crippen LogP contribution in [0.25, 0.3) is 0 Å². The maximum absolute atomic E-state index is 13.2. The maximum atomic E-state index is 13.2. The van der Waals surface area contributed by atoms with Gasteiger partial charge in [-0.05, 0) is 25.7 Å². The summed E-state index contributed by atoms with van der Waals surface area (Å²) >= 11 is 0. The van der Waals surface area contributed by atoms with Crippen LogP contribution in [0.4, 0.5) is 0 Å². The van der Waals surface area contributed by atoms with Gasteiger partial charge in [-0.2, -0.15) is 0 Å². The van der Waals surface area contributed by atoms with Gasteiger partial charge in [0, 0.05) is 0 Å². The van der Waals surface area contributed by atoms with E-state index in [1.165, 1.54) is 180 Å². The molecule has 1 aliphatic rings. The minimum absolute atomic E-state index is 0.319. The highest BCUT2D eigenvalue weighted by Gasteiger charge is 2.49. The number of hydrogen-bond donors (Lipinski definition) is 0. The van der Waals surface area contributed by atoms with Gasteiger partial charge in [0.05, 0.1) is 13.2 Å². The van der Waals surface area contributed by atoms with Gasteiger partial charge in [0.25, 0.3) is 0 Å². The molecule has 0 radical (unpaired) electrons. The molecule has 0 bridgehead atoms. The summed E-state index contributed by atoms with van der Waals surface area (Å²) in [6, 6.07) is 0. The lowest BCUT2D eigenvalue weighted by Crippen LogP contribution is -2.43. The second-order valence-corrected chi connectivity index (χ2v) is 15.5. The molecule has 0 aromatic rings. The Morgan fingerprint density at radius 2 is 0.583 bits per heavy atom. The Morgan fingerprint density at radius 3 is 0.833 bits per heavy atom. The predicted molar refractivity (Wildman–Crippen MR) is 207 cm³/mol. The normalized spacial score (nSPS) is 14.3. The van der Waals surface area contributed by atoms with Crippen LogP contribution >= 0.6 is 0 Å². The number of carbonyl (C=O) groups is 2. The van der Waals surface area contributed by atoms with E-state index in [1.54, 1.807) is 0 Å². The van der Waals surface area contributed by atoms with Crippen molar-refractivity contribution in [3.05, 3.63) is 0 Å². The van der Waals surface area contributed by atoms with Crippen molar-refractivity contribution < 1.29 is 19.1 Å². The topological polar surface area (TPSA) is 52.6 Å². The summed E-state index contributed by atoms with van der Waals surface area (Å²) in [7, 11) is 0. The molecular formula is C44H84O4. The van der Waals surface area contributed by atoms with E-state index in [0.717, 1.165) is 44.9 Å². The van der Waals surface area contributed by atoms with Gasteiger partial charge >= 0.3 is 11.9 Å². The SMILES string of the molecule is CCCCCCCCCCCCCCCCCCOC(=O)C1(C(=O)OCCCCCCCCCCCCCCCCCC)CCCCC1. The molecule has 1 rings (SSSR count). The predicted octanol–water partition coefficient (Wildman–Crippen LogP) is 14.5. The highest BCUT2D eigenvalue weighted by Crippen LogP contribution is 2.39. The Kier molecular flexibility index (Phi) is 32.2. The van der Waals surface area contributed by atoms with E-state index < -0.39 is 5.41 Å². The molecule has 48 heavy (non-hydrogen) atoms. The third-order valence-corrected chi connectivity index (χ3v) is 11.0. The lowest BCUT2D eigenvalue weighted by molar-refractivity contribution is -0.175. The van der Waals surface area contributed by atoms with Gasteiger partial charge in [0.2, 0.25) is 0 Å². The number of carbonyl (C=O) groups excluding carboxylic acids is 2. The standard InChI is InChI=1S/C44H84O4/c1-3-5-7-9-11-13-15-17-19-21-23-25-27-29-31-36-40-47-42(45)44(38-34-33-35-39-44)43(46)48-41-37-32-30-28-26-24-22-20-18-16-14-12-10-8-6-4-2/h3-41H2,1-2H3. The molecular weight excluding hydrogens is 592 g/mol. The molecule has 0 atom stereocenters. The van der Waals surface area contributed by atoms with Crippen molar-refractivity contribution in [2.24, 2.45) is 5.41 Å². The first-order valence-corrected chi connectivity index (χ1v) is 22.0. The van der Waals surface area contributed by atoms with Gasteiger partial charge in [-0.3, -0.25) is 9.59 Å². The minimum atomic E-state index is -1.05. The molecule has 1 fully saturated rings. The first kappa shape index (κ1) is 45.0. The van der Waals surface area contributed by atoms with Crippen LogP contribution in [0, 0.1) is 5.41 Å². The summed E-state index contributed by atoms with van der Waals surface area (Å²) in [5.41, 5.74) is -1.05. The number of unbranched alkanes of at least 4 members (excludes halogenated alkanes) is 30. The van der Waals surface area contributed by atoms with Gasteiger partial charge in [0.1, 0.15) is 0 Å². The zero-order valence-electron chi connectivity index (χ0n) is 32.7. The molecule has 4 heteroatoms.